The van der Waals surface area contributed by atoms with Gasteiger partial charge in [0, 0.05) is 11.4 Å². The van der Waals surface area contributed by atoms with E-state index in [-0.39, 0.29) is 11.9 Å². The van der Waals surface area contributed by atoms with Gasteiger partial charge in [-0.1, -0.05) is 13.3 Å². The summed E-state index contributed by atoms with van der Waals surface area (Å²) in [7, 11) is 0. The Morgan fingerprint density at radius 3 is 2.62 bits per heavy atom. The van der Waals surface area contributed by atoms with Crippen LogP contribution in [0.4, 0.5) is 5.00 Å². The van der Waals surface area contributed by atoms with E-state index in [0.29, 0.717) is 23.7 Å². The molecule has 3 N–H and O–H groups in total. The number of nitrogens with two attached hydrogens (primary N) is 1. The molecule has 1 amide bonds. The van der Waals surface area contributed by atoms with Crippen molar-refractivity contribution in [2.45, 2.75) is 39.5 Å². The summed E-state index contributed by atoms with van der Waals surface area (Å²) in [5, 5.41) is 3.48. The van der Waals surface area contributed by atoms with Crippen molar-refractivity contribution in [3.05, 3.63) is 16.5 Å². The maximum atomic E-state index is 12.4. The smallest absolute Gasteiger partial charge is 0.341 e. The highest BCUT2D eigenvalue weighted by atomic mass is 32.1. The minimum atomic E-state index is -0.456. The highest BCUT2D eigenvalue weighted by molar-refractivity contribution is 7.16. The summed E-state index contributed by atoms with van der Waals surface area (Å²) in [6, 6.07) is 1.80. The molecule has 116 valence electrons. The number of hydrogen-bond donors (Lipinski definition) is 2. The predicted octanol–water partition coefficient (Wildman–Crippen LogP) is 2.55. The van der Waals surface area contributed by atoms with Crippen molar-refractivity contribution in [3.63, 3.8) is 0 Å². The van der Waals surface area contributed by atoms with Crippen LogP contribution in [0.15, 0.2) is 6.07 Å². The molecule has 0 saturated heterocycles. The van der Waals surface area contributed by atoms with Gasteiger partial charge in [-0.25, -0.2) is 4.79 Å². The van der Waals surface area contributed by atoms with E-state index in [0.717, 1.165) is 30.6 Å². The molecule has 0 spiro atoms. The van der Waals surface area contributed by atoms with Crippen LogP contribution in [0.2, 0.25) is 0 Å². The summed E-state index contributed by atoms with van der Waals surface area (Å²) >= 11 is 1.43. The molecule has 6 heteroatoms. The molecular weight excluding hydrogens is 288 g/mol. The van der Waals surface area contributed by atoms with Crippen LogP contribution >= 0.6 is 11.3 Å². The second-order valence-electron chi connectivity index (χ2n) is 5.32. The van der Waals surface area contributed by atoms with E-state index in [1.54, 1.807) is 13.0 Å². The van der Waals surface area contributed by atoms with E-state index in [1.165, 1.54) is 11.3 Å². The van der Waals surface area contributed by atoms with Crippen molar-refractivity contribution in [2.75, 3.05) is 18.5 Å². The van der Waals surface area contributed by atoms with Gasteiger partial charge in [0.1, 0.15) is 5.00 Å². The third kappa shape index (κ3) is 3.11. The van der Waals surface area contributed by atoms with Crippen LogP contribution in [-0.2, 0) is 16.0 Å². The fraction of sp³-hybridized carbons (Fsp3) is 0.600. The summed E-state index contributed by atoms with van der Waals surface area (Å²) in [6.45, 7) is 4.44. The molecule has 1 aromatic rings. The summed E-state index contributed by atoms with van der Waals surface area (Å²) in [4.78, 5) is 25.5. The number of rotatable bonds is 6. The average Bonchev–Trinajstić information content (AvgIpc) is 2.81. The van der Waals surface area contributed by atoms with Gasteiger partial charge in [0.15, 0.2) is 0 Å². The van der Waals surface area contributed by atoms with Crippen molar-refractivity contribution in [3.8, 4) is 0 Å². The molecule has 5 nitrogen and oxygen atoms in total. The standard InChI is InChI=1S/C15H22N2O3S/c1-3-10-8-11(13(18)20-4-2)12(21-10)17-14(19)15(9-16)6-5-7-15/h8H,3-7,9,16H2,1-2H3,(H,17,19). The predicted molar refractivity (Wildman–Crippen MR) is 83.6 cm³/mol. The van der Waals surface area contributed by atoms with E-state index >= 15 is 0 Å². The van der Waals surface area contributed by atoms with Gasteiger partial charge in [0.05, 0.1) is 17.6 Å². The molecule has 0 aromatic carbocycles. The molecule has 1 saturated carbocycles. The van der Waals surface area contributed by atoms with Gasteiger partial charge >= 0.3 is 5.97 Å². The lowest BCUT2D eigenvalue weighted by Crippen LogP contribution is -2.47. The molecule has 0 bridgehead atoms. The van der Waals surface area contributed by atoms with Gasteiger partial charge in [0.25, 0.3) is 0 Å². The van der Waals surface area contributed by atoms with E-state index in [4.69, 9.17) is 10.5 Å². The number of anilines is 1. The molecule has 1 aliphatic carbocycles. The SMILES string of the molecule is CCOC(=O)c1cc(CC)sc1NC(=O)C1(CN)CCC1. The second-order valence-corrected chi connectivity index (χ2v) is 6.46. The van der Waals surface area contributed by atoms with Crippen molar-refractivity contribution >= 4 is 28.2 Å². The van der Waals surface area contributed by atoms with Crippen LogP contribution in [0.3, 0.4) is 0 Å². The van der Waals surface area contributed by atoms with Gasteiger partial charge in [-0.2, -0.15) is 0 Å². The minimum absolute atomic E-state index is 0.0775. The number of carbonyl (C=O) groups is 2. The molecule has 0 radical (unpaired) electrons. The summed E-state index contributed by atoms with van der Waals surface area (Å²) in [6.07, 6.45) is 3.47. The Hall–Kier alpha value is -1.40. The van der Waals surface area contributed by atoms with Crippen LogP contribution < -0.4 is 11.1 Å². The number of ether oxygens (including phenoxy) is 1. The van der Waals surface area contributed by atoms with Crippen molar-refractivity contribution < 1.29 is 14.3 Å². The Labute approximate surface area is 128 Å². The maximum Gasteiger partial charge on any atom is 0.341 e. The highest BCUT2D eigenvalue weighted by Gasteiger charge is 2.43. The fourth-order valence-electron chi connectivity index (χ4n) is 2.43. The zero-order valence-electron chi connectivity index (χ0n) is 12.5. The summed E-state index contributed by atoms with van der Waals surface area (Å²) < 4.78 is 5.05. The van der Waals surface area contributed by atoms with Gasteiger partial charge in [0.2, 0.25) is 5.91 Å². The van der Waals surface area contributed by atoms with Gasteiger partial charge < -0.3 is 15.8 Å². The normalized spacial score (nSPS) is 16.1. The van der Waals surface area contributed by atoms with Crippen molar-refractivity contribution in [1.82, 2.24) is 0 Å². The van der Waals surface area contributed by atoms with Crippen LogP contribution in [0, 0.1) is 5.41 Å². The Morgan fingerprint density at radius 2 is 2.14 bits per heavy atom. The minimum Gasteiger partial charge on any atom is -0.462 e. The number of esters is 1. The first-order valence-electron chi connectivity index (χ1n) is 7.37. The largest absolute Gasteiger partial charge is 0.462 e. The number of carbonyl (C=O) groups excluding carboxylic acids is 2. The van der Waals surface area contributed by atoms with Gasteiger partial charge in [-0.15, -0.1) is 11.3 Å². The Bertz CT molecular complexity index is 530. The molecule has 1 fully saturated rings. The van der Waals surface area contributed by atoms with Gasteiger partial charge in [-0.05, 0) is 32.3 Å². The van der Waals surface area contributed by atoms with Crippen LogP contribution in [0.1, 0.15) is 48.3 Å². The van der Waals surface area contributed by atoms with Crippen molar-refractivity contribution in [1.29, 1.82) is 0 Å². The molecule has 2 rings (SSSR count). The molecule has 0 unspecified atom stereocenters. The molecule has 1 heterocycles. The van der Waals surface area contributed by atoms with E-state index < -0.39 is 5.41 Å². The first kappa shape index (κ1) is 16.0. The maximum absolute atomic E-state index is 12.4. The second kappa shape index (κ2) is 6.58. The lowest BCUT2D eigenvalue weighted by Gasteiger charge is -2.38. The van der Waals surface area contributed by atoms with Crippen LogP contribution in [0.25, 0.3) is 0 Å². The van der Waals surface area contributed by atoms with E-state index in [2.05, 4.69) is 5.32 Å². The number of aryl methyl sites for hydroxylation is 1. The van der Waals surface area contributed by atoms with E-state index in [9.17, 15) is 9.59 Å². The number of nitrogens with one attached hydrogen (secondary N) is 1. The average molecular weight is 310 g/mol. The summed E-state index contributed by atoms with van der Waals surface area (Å²) in [5.74, 6) is -0.467. The Balaban J connectivity index is 2.20. The zero-order chi connectivity index (χ0) is 15.5. The third-order valence-corrected chi connectivity index (χ3v) is 5.23. The first-order chi connectivity index (χ1) is 10.1. The Morgan fingerprint density at radius 1 is 1.43 bits per heavy atom. The van der Waals surface area contributed by atoms with Crippen LogP contribution in [0.5, 0.6) is 0 Å². The number of hydrogen-bond acceptors (Lipinski definition) is 5. The first-order valence-corrected chi connectivity index (χ1v) is 8.19. The molecule has 0 aliphatic heterocycles. The summed E-state index contributed by atoms with van der Waals surface area (Å²) in [5.41, 5.74) is 5.74. The zero-order valence-corrected chi connectivity index (χ0v) is 13.3. The lowest BCUT2D eigenvalue weighted by molar-refractivity contribution is -0.129. The monoisotopic (exact) mass is 310 g/mol. The lowest BCUT2D eigenvalue weighted by atomic mass is 9.68. The topological polar surface area (TPSA) is 81.4 Å². The molecule has 1 aromatic heterocycles. The van der Waals surface area contributed by atoms with Crippen molar-refractivity contribution in [2.24, 2.45) is 11.1 Å². The Kier molecular flexibility index (Phi) is 5.00. The fourth-order valence-corrected chi connectivity index (χ4v) is 3.41. The molecule has 21 heavy (non-hydrogen) atoms. The highest BCUT2D eigenvalue weighted by Crippen LogP contribution is 2.41. The number of thiophene rings is 1. The molecular formula is C15H22N2O3S. The molecule has 0 atom stereocenters. The van der Waals surface area contributed by atoms with Gasteiger partial charge in [-0.3, -0.25) is 4.79 Å². The molecule has 1 aliphatic rings. The van der Waals surface area contributed by atoms with E-state index in [1.807, 2.05) is 6.92 Å². The third-order valence-electron chi connectivity index (χ3n) is 4.04. The number of amides is 1. The van der Waals surface area contributed by atoms with Crippen LogP contribution in [-0.4, -0.2) is 25.0 Å². The quantitative estimate of drug-likeness (QED) is 0.791.